The van der Waals surface area contributed by atoms with Crippen molar-refractivity contribution in [3.8, 4) is 11.5 Å². The Hall–Kier alpha value is -6.84. The maximum Gasteiger partial charge on any atom is 0.268 e. The first-order valence-electron chi connectivity index (χ1n) is 15.1. The number of ether oxygens (including phenoxy) is 1. The third-order valence-corrected chi connectivity index (χ3v) is 9.49. The van der Waals surface area contributed by atoms with Crippen LogP contribution >= 0.6 is 22.7 Å². The van der Waals surface area contributed by atoms with Crippen molar-refractivity contribution in [2.45, 2.75) is 0 Å². The molecule has 0 fully saturated rings. The highest BCUT2D eigenvalue weighted by atomic mass is 32.1. The molecule has 6 aromatic rings. The summed E-state index contributed by atoms with van der Waals surface area (Å²) in [4.78, 5) is 87.5. The molecule has 4 heterocycles. The van der Waals surface area contributed by atoms with Crippen LogP contribution in [0.25, 0.3) is 0 Å². The van der Waals surface area contributed by atoms with Gasteiger partial charge in [0.2, 0.25) is 0 Å². The van der Waals surface area contributed by atoms with E-state index in [2.05, 4.69) is 20.6 Å². The standard InChI is InChI=1S/C36H20N6O7S2/c43-29(19-1-11-25-27(17-19)33(47)41(31(25)45)35-37-13-15-50-35)39-21-3-7-23(8-4-21)49-24-9-5-22(6-10-24)40-30(44)20-2-12-26-28(18-20)34(48)42(32(26)46)36-38-14-16-51-36/h1-18H,(H,39,43)(H,40,44). The molecule has 0 saturated heterocycles. The Morgan fingerprint density at radius 3 is 1.29 bits per heavy atom. The molecule has 0 unspecified atom stereocenters. The van der Waals surface area contributed by atoms with Crippen molar-refractivity contribution in [1.29, 1.82) is 0 Å². The molecule has 6 amide bonds. The highest BCUT2D eigenvalue weighted by Crippen LogP contribution is 2.32. The summed E-state index contributed by atoms with van der Waals surface area (Å²) < 4.78 is 5.91. The van der Waals surface area contributed by atoms with Gasteiger partial charge in [-0.25, -0.2) is 19.8 Å². The third-order valence-electron chi connectivity index (χ3n) is 7.98. The quantitative estimate of drug-likeness (QED) is 0.168. The molecule has 0 bridgehead atoms. The number of benzene rings is 4. The molecule has 0 spiro atoms. The number of amides is 6. The SMILES string of the molecule is O=C(Nc1ccc(Oc2ccc(NC(=O)c3ccc4c(c3)C(=O)N(c3nccs3)C4=O)cc2)cc1)c1ccc2c(c1)C(=O)N(c1nccs1)C2=O. The van der Waals surface area contributed by atoms with Crippen LogP contribution in [0, 0.1) is 0 Å². The minimum Gasteiger partial charge on any atom is -0.457 e. The number of fused-ring (bicyclic) bond motifs is 2. The summed E-state index contributed by atoms with van der Waals surface area (Å²) in [5.41, 5.74) is 2.06. The molecular formula is C36H20N6O7S2. The van der Waals surface area contributed by atoms with Gasteiger partial charge in [0.05, 0.1) is 22.3 Å². The van der Waals surface area contributed by atoms with E-state index in [1.54, 1.807) is 59.3 Å². The summed E-state index contributed by atoms with van der Waals surface area (Å²) in [6, 6.07) is 22.0. The van der Waals surface area contributed by atoms with Gasteiger partial charge in [0.15, 0.2) is 10.3 Å². The molecule has 0 aliphatic carbocycles. The fraction of sp³-hybridized carbons (Fsp3) is 0. The van der Waals surface area contributed by atoms with Gasteiger partial charge in [0, 0.05) is 45.7 Å². The fourth-order valence-corrected chi connectivity index (χ4v) is 6.79. The third kappa shape index (κ3) is 5.71. The Bertz CT molecular complexity index is 2240. The van der Waals surface area contributed by atoms with Gasteiger partial charge in [-0.15, -0.1) is 22.7 Å². The number of hydrogen-bond donors (Lipinski definition) is 2. The number of hydrogen-bond acceptors (Lipinski definition) is 11. The number of carbonyl (C=O) groups excluding carboxylic acids is 6. The molecule has 0 radical (unpaired) electrons. The summed E-state index contributed by atoms with van der Waals surface area (Å²) in [6.45, 7) is 0. The smallest absolute Gasteiger partial charge is 0.268 e. The zero-order valence-corrected chi connectivity index (χ0v) is 27.5. The highest BCUT2D eigenvalue weighted by Gasteiger charge is 2.39. The van der Waals surface area contributed by atoms with Crippen LogP contribution in [0.3, 0.4) is 0 Å². The topological polar surface area (TPSA) is 168 Å². The van der Waals surface area contributed by atoms with Crippen molar-refractivity contribution in [2.24, 2.45) is 0 Å². The predicted molar refractivity (Wildman–Crippen MR) is 188 cm³/mol. The second-order valence-corrected chi connectivity index (χ2v) is 12.8. The van der Waals surface area contributed by atoms with Crippen LogP contribution in [-0.4, -0.2) is 45.4 Å². The summed E-state index contributed by atoms with van der Waals surface area (Å²) >= 11 is 2.33. The lowest BCUT2D eigenvalue weighted by atomic mass is 10.1. The first kappa shape index (κ1) is 31.4. The average Bonchev–Trinajstić information content (AvgIpc) is 3.95. The van der Waals surface area contributed by atoms with E-state index < -0.39 is 35.4 Å². The molecule has 2 aromatic heterocycles. The first-order chi connectivity index (χ1) is 24.7. The summed E-state index contributed by atoms with van der Waals surface area (Å²) in [6.07, 6.45) is 3.01. The summed E-state index contributed by atoms with van der Waals surface area (Å²) in [7, 11) is 0. The van der Waals surface area contributed by atoms with Crippen molar-refractivity contribution in [3.63, 3.8) is 0 Å². The predicted octanol–water partition coefficient (Wildman–Crippen LogP) is 6.50. The molecule has 2 aliphatic rings. The number of aromatic nitrogens is 2. The number of nitrogens with zero attached hydrogens (tertiary/aromatic N) is 4. The van der Waals surface area contributed by atoms with E-state index in [0.717, 1.165) is 9.80 Å². The van der Waals surface area contributed by atoms with Crippen LogP contribution in [-0.2, 0) is 0 Å². The number of imide groups is 2. The van der Waals surface area contributed by atoms with Crippen molar-refractivity contribution in [2.75, 3.05) is 20.4 Å². The number of thiazole rings is 2. The minimum absolute atomic E-state index is 0.133. The van der Waals surface area contributed by atoms with Crippen LogP contribution in [0.2, 0.25) is 0 Å². The number of anilines is 4. The molecule has 0 atom stereocenters. The molecule has 51 heavy (non-hydrogen) atoms. The molecule has 4 aromatic carbocycles. The first-order valence-corrected chi connectivity index (χ1v) is 16.9. The summed E-state index contributed by atoms with van der Waals surface area (Å²) in [5, 5.41) is 9.42. The van der Waals surface area contributed by atoms with Gasteiger partial charge in [-0.1, -0.05) is 0 Å². The van der Waals surface area contributed by atoms with Gasteiger partial charge in [0.1, 0.15) is 11.5 Å². The highest BCUT2D eigenvalue weighted by molar-refractivity contribution is 7.14. The van der Waals surface area contributed by atoms with E-state index in [-0.39, 0.29) is 43.6 Å². The Morgan fingerprint density at radius 1 is 0.529 bits per heavy atom. The lowest BCUT2D eigenvalue weighted by molar-refractivity contribution is 0.0910. The Labute approximate surface area is 295 Å². The van der Waals surface area contributed by atoms with Gasteiger partial charge >= 0.3 is 0 Å². The van der Waals surface area contributed by atoms with E-state index in [0.29, 0.717) is 22.9 Å². The van der Waals surface area contributed by atoms with Crippen LogP contribution in [0.4, 0.5) is 21.6 Å². The van der Waals surface area contributed by atoms with E-state index in [9.17, 15) is 28.8 Å². The Morgan fingerprint density at radius 2 is 0.922 bits per heavy atom. The van der Waals surface area contributed by atoms with Gasteiger partial charge in [0.25, 0.3) is 35.4 Å². The summed E-state index contributed by atoms with van der Waals surface area (Å²) in [5.74, 6) is -2.00. The van der Waals surface area contributed by atoms with Crippen LogP contribution < -0.4 is 25.2 Å². The zero-order chi connectivity index (χ0) is 35.2. The van der Waals surface area contributed by atoms with Gasteiger partial charge in [-0.3, -0.25) is 28.8 Å². The minimum atomic E-state index is -0.535. The molecule has 248 valence electrons. The van der Waals surface area contributed by atoms with Crippen molar-refractivity contribution in [3.05, 3.63) is 141 Å². The Balaban J connectivity index is 0.876. The van der Waals surface area contributed by atoms with Gasteiger partial charge < -0.3 is 15.4 Å². The Kier molecular flexibility index (Phi) is 7.74. The normalized spacial score (nSPS) is 13.3. The maximum atomic E-state index is 13.0. The number of carbonyl (C=O) groups is 6. The van der Waals surface area contributed by atoms with Gasteiger partial charge in [-0.05, 0) is 84.9 Å². The molecule has 15 heteroatoms. The second kappa shape index (κ2) is 12.6. The monoisotopic (exact) mass is 712 g/mol. The molecular weight excluding hydrogens is 693 g/mol. The van der Waals surface area contributed by atoms with E-state index >= 15 is 0 Å². The number of nitrogens with one attached hydrogen (secondary N) is 2. The molecule has 13 nitrogen and oxygen atoms in total. The van der Waals surface area contributed by atoms with Crippen LogP contribution in [0.15, 0.2) is 108 Å². The van der Waals surface area contributed by atoms with E-state index in [4.69, 9.17) is 4.74 Å². The van der Waals surface area contributed by atoms with Crippen LogP contribution in [0.1, 0.15) is 62.1 Å². The van der Waals surface area contributed by atoms with Crippen LogP contribution in [0.5, 0.6) is 11.5 Å². The van der Waals surface area contributed by atoms with Crippen molar-refractivity contribution in [1.82, 2.24) is 9.97 Å². The fourth-order valence-electron chi connectivity index (χ4n) is 5.52. The van der Waals surface area contributed by atoms with Gasteiger partial charge in [-0.2, -0.15) is 0 Å². The van der Waals surface area contributed by atoms with Crippen molar-refractivity contribution < 1.29 is 33.5 Å². The lowest BCUT2D eigenvalue weighted by Gasteiger charge is -2.10. The average molecular weight is 713 g/mol. The molecule has 8 rings (SSSR count). The molecule has 2 aliphatic heterocycles. The second-order valence-electron chi connectivity index (χ2n) is 11.1. The lowest BCUT2D eigenvalue weighted by Crippen LogP contribution is -2.29. The van der Waals surface area contributed by atoms with E-state index in [1.807, 2.05) is 0 Å². The zero-order valence-electron chi connectivity index (χ0n) is 25.9. The molecule has 2 N–H and O–H groups in total. The molecule has 0 saturated carbocycles. The number of rotatable bonds is 8. The largest absolute Gasteiger partial charge is 0.457 e. The van der Waals surface area contributed by atoms with Crippen molar-refractivity contribution >= 4 is 79.8 Å². The van der Waals surface area contributed by atoms with E-state index in [1.165, 1.54) is 71.5 Å². The maximum absolute atomic E-state index is 13.0.